The zero-order valence-corrected chi connectivity index (χ0v) is 20.4. The Morgan fingerprint density at radius 2 is 1.62 bits per heavy atom. The second kappa shape index (κ2) is 10.3. The molecule has 1 saturated heterocycles. The SMILES string of the molecule is COc1ccc([Se](=O)(=O)c2ncn([C@@H]3O[C@H](COC(C)=O)[C@@H](OC(C)=O)[C@H]3OC(C)=O)n2)cc1. The van der Waals surface area contributed by atoms with Crippen molar-refractivity contribution in [2.75, 3.05) is 13.7 Å². The van der Waals surface area contributed by atoms with Crippen LogP contribution in [0.3, 0.4) is 0 Å². The summed E-state index contributed by atoms with van der Waals surface area (Å²) in [6.45, 7) is 3.18. The zero-order valence-electron chi connectivity index (χ0n) is 18.7. The van der Waals surface area contributed by atoms with E-state index in [4.69, 9.17) is 23.7 Å². The number of rotatable bonds is 8. The fourth-order valence-electron chi connectivity index (χ4n) is 3.27. The fourth-order valence-corrected chi connectivity index (χ4v) is 5.56. The third-order valence-electron chi connectivity index (χ3n) is 4.70. The van der Waals surface area contributed by atoms with E-state index in [0.717, 1.165) is 24.9 Å². The van der Waals surface area contributed by atoms with Crippen LogP contribution in [0.1, 0.15) is 27.0 Å². The molecule has 1 fully saturated rings. The average molecular weight is 544 g/mol. The third-order valence-corrected chi connectivity index (χ3v) is 7.97. The van der Waals surface area contributed by atoms with Crippen molar-refractivity contribution in [3.05, 3.63) is 30.6 Å². The Hall–Kier alpha value is -3.35. The van der Waals surface area contributed by atoms with Crippen LogP contribution in [0.5, 0.6) is 5.75 Å². The van der Waals surface area contributed by atoms with Crippen LogP contribution in [0.2, 0.25) is 0 Å². The molecule has 0 bridgehead atoms. The summed E-state index contributed by atoms with van der Waals surface area (Å²) >= 11 is -5.00. The van der Waals surface area contributed by atoms with Gasteiger partial charge in [-0.05, 0) is 0 Å². The summed E-state index contributed by atoms with van der Waals surface area (Å²) < 4.78 is 53.0. The molecule has 2 aromatic rings. The van der Waals surface area contributed by atoms with E-state index in [1.807, 2.05) is 0 Å². The number of benzene rings is 1. The predicted molar refractivity (Wildman–Crippen MR) is 111 cm³/mol. The normalized spacial score (nSPS) is 22.1. The Morgan fingerprint density at radius 3 is 2.18 bits per heavy atom. The van der Waals surface area contributed by atoms with Gasteiger partial charge in [-0.1, -0.05) is 0 Å². The summed E-state index contributed by atoms with van der Waals surface area (Å²) in [6.07, 6.45) is -3.49. The van der Waals surface area contributed by atoms with Crippen molar-refractivity contribution >= 4 is 39.8 Å². The Labute approximate surface area is 195 Å². The maximum atomic E-state index is 13.0. The van der Waals surface area contributed by atoms with E-state index >= 15 is 0 Å². The molecule has 4 atom stereocenters. The van der Waals surface area contributed by atoms with Gasteiger partial charge in [-0.15, -0.1) is 0 Å². The van der Waals surface area contributed by atoms with E-state index in [1.165, 1.54) is 38.3 Å². The molecule has 2 heterocycles. The first-order valence-corrected chi connectivity index (χ1v) is 13.1. The van der Waals surface area contributed by atoms with Crippen LogP contribution in [0.4, 0.5) is 0 Å². The molecule has 184 valence electrons. The Balaban J connectivity index is 1.93. The molecule has 1 aliphatic heterocycles. The van der Waals surface area contributed by atoms with Crippen LogP contribution in [-0.2, 0) is 41.0 Å². The first kappa shape index (κ1) is 25.3. The molecular formula is C20H23N3O10Se. The Morgan fingerprint density at radius 1 is 1.00 bits per heavy atom. The summed E-state index contributed by atoms with van der Waals surface area (Å²) in [6, 6.07) is 5.74. The zero-order chi connectivity index (χ0) is 25.0. The van der Waals surface area contributed by atoms with E-state index in [0.29, 0.717) is 5.75 Å². The van der Waals surface area contributed by atoms with Crippen molar-refractivity contribution in [1.82, 2.24) is 14.8 Å². The number of nitrogens with zero attached hydrogens (tertiary/aromatic N) is 3. The molecule has 0 radical (unpaired) electrons. The number of ether oxygens (including phenoxy) is 5. The minimum atomic E-state index is -5.00. The third kappa shape index (κ3) is 5.58. The topological polar surface area (TPSA) is 162 Å². The van der Waals surface area contributed by atoms with E-state index in [9.17, 15) is 22.1 Å². The standard InChI is InChI=1S/C20H23N3O10Se/c1-11(24)30-9-16-17(31-12(2)25)18(32-13(3)26)19(33-16)23-10-21-20(22-23)34(27,28)15-7-5-14(29-4)6-8-15/h5-8,10,16-19H,9H2,1-4H3/t16-,17-,18-,19-/m1/s1. The van der Waals surface area contributed by atoms with Crippen LogP contribution in [0.25, 0.3) is 0 Å². The van der Waals surface area contributed by atoms with Gasteiger partial charge in [-0.3, -0.25) is 0 Å². The number of carbonyl (C=O) groups excluding carboxylic acids is 3. The van der Waals surface area contributed by atoms with Gasteiger partial charge >= 0.3 is 196 Å². The second-order valence-electron chi connectivity index (χ2n) is 7.20. The van der Waals surface area contributed by atoms with Gasteiger partial charge in [0.15, 0.2) is 0 Å². The molecule has 1 aliphatic rings. The van der Waals surface area contributed by atoms with Crippen LogP contribution < -0.4 is 13.9 Å². The van der Waals surface area contributed by atoms with E-state index in [1.54, 1.807) is 0 Å². The molecule has 0 unspecified atom stereocenters. The number of aromatic nitrogens is 3. The number of esters is 3. The van der Waals surface area contributed by atoms with Crippen molar-refractivity contribution in [2.24, 2.45) is 0 Å². The van der Waals surface area contributed by atoms with Gasteiger partial charge in [-0.2, -0.15) is 0 Å². The van der Waals surface area contributed by atoms with Crippen LogP contribution >= 0.6 is 0 Å². The number of hydrogen-bond donors (Lipinski definition) is 0. The molecule has 3 rings (SSSR count). The molecule has 0 aliphatic carbocycles. The Bertz CT molecular complexity index is 1160. The molecule has 0 amide bonds. The van der Waals surface area contributed by atoms with Gasteiger partial charge < -0.3 is 0 Å². The van der Waals surface area contributed by atoms with Crippen molar-refractivity contribution < 1.29 is 45.7 Å². The number of hydrogen-bond acceptors (Lipinski definition) is 12. The van der Waals surface area contributed by atoms with Crippen molar-refractivity contribution in [3.8, 4) is 5.75 Å². The van der Waals surface area contributed by atoms with Gasteiger partial charge in [0.1, 0.15) is 0 Å². The molecule has 34 heavy (non-hydrogen) atoms. The fraction of sp³-hybridized carbons (Fsp3) is 0.450. The molecule has 0 N–H and O–H groups in total. The summed E-state index contributed by atoms with van der Waals surface area (Å²) in [7, 11) is 1.46. The average Bonchev–Trinajstić information content (AvgIpc) is 3.38. The molecule has 0 spiro atoms. The van der Waals surface area contributed by atoms with Gasteiger partial charge in [-0.25, -0.2) is 0 Å². The maximum absolute atomic E-state index is 13.0. The number of carbonyl (C=O) groups is 3. The van der Waals surface area contributed by atoms with Crippen LogP contribution in [-0.4, -0.2) is 77.4 Å². The minimum absolute atomic E-state index is 0.00389. The molecule has 0 saturated carbocycles. The molecule has 1 aromatic heterocycles. The first-order valence-electron chi connectivity index (χ1n) is 9.96. The van der Waals surface area contributed by atoms with Crippen LogP contribution in [0.15, 0.2) is 30.6 Å². The van der Waals surface area contributed by atoms with Gasteiger partial charge in [0, 0.05) is 0 Å². The Kier molecular flexibility index (Phi) is 7.64. The molecule has 14 heteroatoms. The predicted octanol–water partition coefficient (Wildman–Crippen LogP) is -0.972. The summed E-state index contributed by atoms with van der Waals surface area (Å²) in [5, 5.41) is 4.04. The number of methoxy groups -OCH3 is 1. The van der Waals surface area contributed by atoms with Gasteiger partial charge in [0.2, 0.25) is 0 Å². The summed E-state index contributed by atoms with van der Waals surface area (Å²) in [5.74, 6) is -1.52. The van der Waals surface area contributed by atoms with Gasteiger partial charge in [0.05, 0.1) is 0 Å². The van der Waals surface area contributed by atoms with Crippen molar-refractivity contribution in [1.29, 1.82) is 0 Å². The molecular weight excluding hydrogens is 521 g/mol. The van der Waals surface area contributed by atoms with Crippen LogP contribution in [0, 0.1) is 0 Å². The second-order valence-corrected chi connectivity index (χ2v) is 11.1. The van der Waals surface area contributed by atoms with E-state index < -0.39 is 59.9 Å². The summed E-state index contributed by atoms with van der Waals surface area (Å²) in [5.41, 5.74) is 0. The van der Waals surface area contributed by atoms with Crippen molar-refractivity contribution in [2.45, 2.75) is 45.3 Å². The molecule has 13 nitrogen and oxygen atoms in total. The van der Waals surface area contributed by atoms with E-state index in [-0.39, 0.29) is 11.1 Å². The van der Waals surface area contributed by atoms with Gasteiger partial charge in [0.25, 0.3) is 0 Å². The first-order chi connectivity index (χ1) is 16.0. The van der Waals surface area contributed by atoms with Crippen molar-refractivity contribution in [3.63, 3.8) is 0 Å². The summed E-state index contributed by atoms with van der Waals surface area (Å²) in [4.78, 5) is 38.5. The quantitative estimate of drug-likeness (QED) is 0.227. The van der Waals surface area contributed by atoms with E-state index in [2.05, 4.69) is 10.1 Å². The monoisotopic (exact) mass is 545 g/mol. The molecule has 1 aromatic carbocycles.